The Hall–Kier alpha value is -4.28. The van der Waals surface area contributed by atoms with Crippen molar-refractivity contribution in [3.63, 3.8) is 0 Å². The minimum Gasteiger partial charge on any atom is -0.497 e. The molecule has 0 saturated carbocycles. The van der Waals surface area contributed by atoms with E-state index in [4.69, 9.17) is 37.4 Å². The summed E-state index contributed by atoms with van der Waals surface area (Å²) in [4.78, 5) is 36.3. The van der Waals surface area contributed by atoms with Gasteiger partial charge in [0.15, 0.2) is 18.1 Å². The first-order valence-electron chi connectivity index (χ1n) is 10.6. The molecule has 0 aromatic heterocycles. The fraction of sp³-hybridized carbons (Fsp3) is 0.120. The summed E-state index contributed by atoms with van der Waals surface area (Å²) in [6.07, 6.45) is 1.30. The molecule has 3 amide bonds. The van der Waals surface area contributed by atoms with Crippen molar-refractivity contribution in [3.05, 3.63) is 76.3 Å². The second-order valence-electron chi connectivity index (χ2n) is 7.23. The van der Waals surface area contributed by atoms with Crippen LogP contribution in [0.3, 0.4) is 0 Å². The van der Waals surface area contributed by atoms with Crippen molar-refractivity contribution in [1.29, 1.82) is 0 Å². The van der Waals surface area contributed by atoms with E-state index in [0.717, 1.165) is 0 Å². The number of methoxy groups -OCH3 is 2. The standard InChI is InChI=1S/C25H22Cl2N4O6/c1-35-17-6-3-5-16(12-17)29-22(32)14-37-20-10-9-15(11-21(20)36-2)13-28-31-25(34)24(33)30-19-8-4-7-18(26)23(19)27/h3-13H,14H2,1-2H3,(H,29,32)(H,30,33)(H,31,34)/b28-13-. The maximum absolute atomic E-state index is 12.2. The van der Waals surface area contributed by atoms with E-state index >= 15 is 0 Å². The van der Waals surface area contributed by atoms with Crippen LogP contribution < -0.4 is 30.3 Å². The summed E-state index contributed by atoms with van der Waals surface area (Å²) in [6, 6.07) is 16.3. The predicted octanol–water partition coefficient (Wildman–Crippen LogP) is 4.12. The van der Waals surface area contributed by atoms with Crippen molar-refractivity contribution < 1.29 is 28.6 Å². The molecule has 192 valence electrons. The van der Waals surface area contributed by atoms with Crippen LogP contribution in [0, 0.1) is 0 Å². The van der Waals surface area contributed by atoms with Crippen LogP contribution in [-0.4, -0.2) is 44.8 Å². The van der Waals surface area contributed by atoms with Crippen molar-refractivity contribution in [1.82, 2.24) is 5.43 Å². The van der Waals surface area contributed by atoms with E-state index in [1.165, 1.54) is 26.5 Å². The van der Waals surface area contributed by atoms with E-state index < -0.39 is 11.8 Å². The largest absolute Gasteiger partial charge is 0.497 e. The number of hydrogen-bond acceptors (Lipinski definition) is 7. The third-order valence-electron chi connectivity index (χ3n) is 4.69. The van der Waals surface area contributed by atoms with Gasteiger partial charge in [-0.3, -0.25) is 14.4 Å². The van der Waals surface area contributed by atoms with Crippen molar-refractivity contribution in [2.24, 2.45) is 5.10 Å². The van der Waals surface area contributed by atoms with E-state index in [1.54, 1.807) is 54.6 Å². The fourth-order valence-electron chi connectivity index (χ4n) is 2.92. The van der Waals surface area contributed by atoms with E-state index in [2.05, 4.69) is 21.2 Å². The maximum Gasteiger partial charge on any atom is 0.329 e. The second kappa shape index (κ2) is 13.1. The molecule has 0 fully saturated rings. The number of carbonyl (C=O) groups is 3. The third kappa shape index (κ3) is 7.86. The molecule has 37 heavy (non-hydrogen) atoms. The first-order valence-corrected chi connectivity index (χ1v) is 11.4. The number of halogens is 2. The number of hydrazone groups is 1. The number of benzene rings is 3. The van der Waals surface area contributed by atoms with Gasteiger partial charge in [0.1, 0.15) is 5.75 Å². The molecule has 12 heteroatoms. The summed E-state index contributed by atoms with van der Waals surface area (Å²) in [5.74, 6) is -1.10. The summed E-state index contributed by atoms with van der Waals surface area (Å²) in [5, 5.41) is 9.18. The second-order valence-corrected chi connectivity index (χ2v) is 8.02. The molecular weight excluding hydrogens is 523 g/mol. The molecular formula is C25H22Cl2N4O6. The minimum atomic E-state index is -1.01. The molecule has 0 bridgehead atoms. The third-order valence-corrected chi connectivity index (χ3v) is 5.50. The van der Waals surface area contributed by atoms with Gasteiger partial charge in [-0.15, -0.1) is 0 Å². The first-order chi connectivity index (χ1) is 17.8. The Balaban J connectivity index is 1.54. The Bertz CT molecular complexity index is 1330. The SMILES string of the molecule is COc1cccc(NC(=O)COc2ccc(/C=N\NC(=O)C(=O)Nc3cccc(Cl)c3Cl)cc2OC)c1. The molecule has 0 aliphatic rings. The van der Waals surface area contributed by atoms with Gasteiger partial charge in [0.2, 0.25) is 0 Å². The molecule has 3 rings (SSSR count). The molecule has 0 saturated heterocycles. The lowest BCUT2D eigenvalue weighted by Crippen LogP contribution is -2.32. The van der Waals surface area contributed by atoms with Crippen molar-refractivity contribution in [2.75, 3.05) is 31.5 Å². The minimum absolute atomic E-state index is 0.112. The topological polar surface area (TPSA) is 127 Å². The number of carbonyl (C=O) groups excluding carboxylic acids is 3. The number of amides is 3. The zero-order valence-corrected chi connectivity index (χ0v) is 21.2. The van der Waals surface area contributed by atoms with Gasteiger partial charge in [-0.1, -0.05) is 35.3 Å². The summed E-state index contributed by atoms with van der Waals surface area (Å²) in [6.45, 7) is -0.261. The lowest BCUT2D eigenvalue weighted by molar-refractivity contribution is -0.136. The number of nitrogens with zero attached hydrogens (tertiary/aromatic N) is 1. The molecule has 3 N–H and O–H groups in total. The molecule has 0 heterocycles. The average Bonchev–Trinajstić information content (AvgIpc) is 2.90. The lowest BCUT2D eigenvalue weighted by Gasteiger charge is -2.12. The van der Waals surface area contributed by atoms with Crippen LogP contribution in [0.25, 0.3) is 0 Å². The number of ether oxygens (including phenoxy) is 3. The zero-order valence-electron chi connectivity index (χ0n) is 19.7. The number of hydrogen-bond donors (Lipinski definition) is 3. The highest BCUT2D eigenvalue weighted by atomic mass is 35.5. The van der Waals surface area contributed by atoms with Crippen LogP contribution in [0.1, 0.15) is 5.56 Å². The normalized spacial score (nSPS) is 10.5. The highest BCUT2D eigenvalue weighted by molar-refractivity contribution is 6.45. The van der Waals surface area contributed by atoms with Crippen LogP contribution in [0.2, 0.25) is 10.0 Å². The molecule has 3 aromatic carbocycles. The van der Waals surface area contributed by atoms with E-state index in [-0.39, 0.29) is 28.2 Å². The average molecular weight is 545 g/mol. The molecule has 0 atom stereocenters. The smallest absolute Gasteiger partial charge is 0.329 e. The van der Waals surface area contributed by atoms with Crippen LogP contribution >= 0.6 is 23.2 Å². The molecule has 0 radical (unpaired) electrons. The summed E-state index contributed by atoms with van der Waals surface area (Å²) in [7, 11) is 2.97. The molecule has 3 aromatic rings. The van der Waals surface area contributed by atoms with Crippen molar-refractivity contribution in [3.8, 4) is 17.2 Å². The van der Waals surface area contributed by atoms with Gasteiger partial charge in [0.05, 0.1) is 36.2 Å². The van der Waals surface area contributed by atoms with Crippen molar-refractivity contribution >= 4 is 58.5 Å². The fourth-order valence-corrected chi connectivity index (χ4v) is 3.27. The van der Waals surface area contributed by atoms with Crippen LogP contribution in [0.4, 0.5) is 11.4 Å². The molecule has 0 unspecified atom stereocenters. The Morgan fingerprint density at radius 1 is 0.892 bits per heavy atom. The molecule has 0 spiro atoms. The van der Waals surface area contributed by atoms with E-state index in [9.17, 15) is 14.4 Å². The van der Waals surface area contributed by atoms with Crippen molar-refractivity contribution in [2.45, 2.75) is 0 Å². The van der Waals surface area contributed by atoms with Gasteiger partial charge in [-0.2, -0.15) is 5.10 Å². The number of rotatable bonds is 9. The number of anilines is 2. The monoisotopic (exact) mass is 544 g/mol. The summed E-state index contributed by atoms with van der Waals surface area (Å²) < 4.78 is 16.0. The highest BCUT2D eigenvalue weighted by Crippen LogP contribution is 2.29. The van der Waals surface area contributed by atoms with Crippen LogP contribution in [0.15, 0.2) is 65.8 Å². The molecule has 10 nitrogen and oxygen atoms in total. The Morgan fingerprint density at radius 3 is 2.43 bits per heavy atom. The molecule has 0 aliphatic carbocycles. The predicted molar refractivity (Wildman–Crippen MR) is 141 cm³/mol. The van der Waals surface area contributed by atoms with Gasteiger partial charge in [-0.05, 0) is 48.0 Å². The van der Waals surface area contributed by atoms with Gasteiger partial charge in [-0.25, -0.2) is 5.43 Å². The maximum atomic E-state index is 12.2. The van der Waals surface area contributed by atoms with E-state index in [1.807, 2.05) is 0 Å². The van der Waals surface area contributed by atoms with Gasteiger partial charge >= 0.3 is 11.8 Å². The van der Waals surface area contributed by atoms with Gasteiger partial charge in [0, 0.05) is 11.8 Å². The van der Waals surface area contributed by atoms with Crippen LogP contribution in [0.5, 0.6) is 17.2 Å². The van der Waals surface area contributed by atoms with Gasteiger partial charge < -0.3 is 24.8 Å². The Morgan fingerprint density at radius 2 is 1.68 bits per heavy atom. The number of nitrogens with one attached hydrogen (secondary N) is 3. The quantitative estimate of drug-likeness (QED) is 0.211. The molecule has 0 aliphatic heterocycles. The summed E-state index contributed by atoms with van der Waals surface area (Å²) in [5.41, 5.74) is 3.41. The lowest BCUT2D eigenvalue weighted by atomic mass is 10.2. The summed E-state index contributed by atoms with van der Waals surface area (Å²) >= 11 is 11.9. The van der Waals surface area contributed by atoms with E-state index in [0.29, 0.717) is 28.5 Å². The first kappa shape index (κ1) is 27.3. The zero-order chi connectivity index (χ0) is 26.8. The Labute approximate surface area is 222 Å². The van der Waals surface area contributed by atoms with Gasteiger partial charge in [0.25, 0.3) is 5.91 Å². The van der Waals surface area contributed by atoms with Crippen LogP contribution in [-0.2, 0) is 14.4 Å². The Kier molecular flexibility index (Phi) is 9.70. The highest BCUT2D eigenvalue weighted by Gasteiger charge is 2.15.